The molecule has 1 aromatic carbocycles. The van der Waals surface area contributed by atoms with Crippen molar-refractivity contribution in [1.29, 1.82) is 0 Å². The Labute approximate surface area is 97.5 Å². The normalized spacial score (nSPS) is 22.9. The maximum absolute atomic E-state index is 5.46. The Kier molecular flexibility index (Phi) is 3.01. The highest BCUT2D eigenvalue weighted by Gasteiger charge is 2.40. The number of anilines is 1. The smallest absolute Gasteiger partial charge is 0.106 e. The lowest BCUT2D eigenvalue weighted by Gasteiger charge is -2.26. The zero-order valence-corrected chi connectivity index (χ0v) is 10.1. The molecule has 0 spiro atoms. The quantitative estimate of drug-likeness (QED) is 0.557. The van der Waals surface area contributed by atoms with Gasteiger partial charge in [0.15, 0.2) is 0 Å². The molecule has 1 fully saturated rings. The third-order valence-electron chi connectivity index (χ3n) is 2.74. The second-order valence-corrected chi connectivity index (χ2v) is 4.89. The van der Waals surface area contributed by atoms with Gasteiger partial charge in [-0.1, -0.05) is 30.4 Å². The second-order valence-electron chi connectivity index (χ2n) is 4.89. The fourth-order valence-corrected chi connectivity index (χ4v) is 1.82. The summed E-state index contributed by atoms with van der Waals surface area (Å²) in [7, 11) is 0. The van der Waals surface area contributed by atoms with Gasteiger partial charge in [0.05, 0.1) is 6.61 Å². The Morgan fingerprint density at radius 1 is 1.44 bits per heavy atom. The van der Waals surface area contributed by atoms with Crippen molar-refractivity contribution in [2.45, 2.75) is 19.4 Å². The minimum absolute atomic E-state index is 0.0469. The molecule has 0 aromatic heterocycles. The van der Waals surface area contributed by atoms with Crippen LogP contribution in [0, 0.1) is 0 Å². The van der Waals surface area contributed by atoms with Gasteiger partial charge >= 0.3 is 0 Å². The molecular weight excluding hydrogens is 198 g/mol. The first kappa shape index (κ1) is 11.2. The highest BCUT2D eigenvalue weighted by molar-refractivity contribution is 5.47. The number of hydrogen-bond acceptors (Lipinski definition) is 2. The average Bonchev–Trinajstić information content (AvgIpc) is 2.96. The number of epoxide rings is 1. The molecule has 0 aliphatic carbocycles. The van der Waals surface area contributed by atoms with E-state index in [1.54, 1.807) is 0 Å². The van der Waals surface area contributed by atoms with E-state index in [1.807, 2.05) is 6.07 Å². The van der Waals surface area contributed by atoms with Crippen LogP contribution in [0.2, 0.25) is 0 Å². The van der Waals surface area contributed by atoms with Crippen molar-refractivity contribution in [2.24, 2.45) is 0 Å². The van der Waals surface area contributed by atoms with Gasteiger partial charge in [0, 0.05) is 18.8 Å². The Morgan fingerprint density at radius 3 is 2.56 bits per heavy atom. The van der Waals surface area contributed by atoms with E-state index < -0.39 is 0 Å². The van der Waals surface area contributed by atoms with Crippen molar-refractivity contribution in [2.75, 3.05) is 24.6 Å². The molecule has 2 rings (SSSR count). The van der Waals surface area contributed by atoms with Crippen LogP contribution in [0.3, 0.4) is 0 Å². The standard InChI is InChI=1S/C14H19NO/c1-12(2)9-15(10-14(3)11-16-14)13-7-5-4-6-8-13/h4-8H,1,9-11H2,2-3H3. The molecule has 1 saturated heterocycles. The summed E-state index contributed by atoms with van der Waals surface area (Å²) >= 11 is 0. The maximum atomic E-state index is 5.46. The van der Waals surface area contributed by atoms with Crippen molar-refractivity contribution in [1.82, 2.24) is 0 Å². The number of hydrogen-bond donors (Lipinski definition) is 0. The minimum Gasteiger partial charge on any atom is -0.368 e. The van der Waals surface area contributed by atoms with Gasteiger partial charge in [-0.2, -0.15) is 0 Å². The Hall–Kier alpha value is -1.28. The van der Waals surface area contributed by atoms with Gasteiger partial charge in [0.25, 0.3) is 0 Å². The fraction of sp³-hybridized carbons (Fsp3) is 0.429. The zero-order valence-electron chi connectivity index (χ0n) is 10.1. The Morgan fingerprint density at radius 2 is 2.06 bits per heavy atom. The van der Waals surface area contributed by atoms with E-state index >= 15 is 0 Å². The lowest BCUT2D eigenvalue weighted by Crippen LogP contribution is -2.34. The summed E-state index contributed by atoms with van der Waals surface area (Å²) in [6.07, 6.45) is 0. The molecule has 0 saturated carbocycles. The Bertz CT molecular complexity index is 368. The summed E-state index contributed by atoms with van der Waals surface area (Å²) in [5.74, 6) is 0. The van der Waals surface area contributed by atoms with E-state index in [0.29, 0.717) is 0 Å². The van der Waals surface area contributed by atoms with Crippen LogP contribution in [0.4, 0.5) is 5.69 Å². The summed E-state index contributed by atoms with van der Waals surface area (Å²) < 4.78 is 5.46. The van der Waals surface area contributed by atoms with E-state index in [1.165, 1.54) is 11.3 Å². The molecule has 0 radical (unpaired) electrons. The molecule has 16 heavy (non-hydrogen) atoms. The largest absolute Gasteiger partial charge is 0.368 e. The molecular formula is C14H19NO. The molecule has 2 nitrogen and oxygen atoms in total. The molecule has 1 heterocycles. The first-order valence-corrected chi connectivity index (χ1v) is 5.67. The average molecular weight is 217 g/mol. The van der Waals surface area contributed by atoms with E-state index in [9.17, 15) is 0 Å². The van der Waals surface area contributed by atoms with Gasteiger partial charge in [0.1, 0.15) is 5.60 Å². The van der Waals surface area contributed by atoms with Crippen LogP contribution in [0.5, 0.6) is 0 Å². The van der Waals surface area contributed by atoms with Gasteiger partial charge in [-0.05, 0) is 26.0 Å². The van der Waals surface area contributed by atoms with Crippen LogP contribution in [-0.4, -0.2) is 25.3 Å². The number of benzene rings is 1. The fourth-order valence-electron chi connectivity index (χ4n) is 1.82. The van der Waals surface area contributed by atoms with E-state index in [4.69, 9.17) is 4.74 Å². The third kappa shape index (κ3) is 2.86. The second kappa shape index (κ2) is 4.30. The van der Waals surface area contributed by atoms with Crippen LogP contribution >= 0.6 is 0 Å². The van der Waals surface area contributed by atoms with E-state index in [0.717, 1.165) is 19.7 Å². The molecule has 1 aliphatic heterocycles. The summed E-state index contributed by atoms with van der Waals surface area (Å²) in [5.41, 5.74) is 2.46. The van der Waals surface area contributed by atoms with Crippen LogP contribution < -0.4 is 4.90 Å². The zero-order chi connectivity index (χ0) is 11.6. The van der Waals surface area contributed by atoms with Crippen LogP contribution in [0.25, 0.3) is 0 Å². The molecule has 86 valence electrons. The van der Waals surface area contributed by atoms with Crippen LogP contribution in [-0.2, 0) is 4.74 Å². The summed E-state index contributed by atoms with van der Waals surface area (Å²) in [5, 5.41) is 0. The predicted octanol–water partition coefficient (Wildman–Crippen LogP) is 2.86. The van der Waals surface area contributed by atoms with Crippen molar-refractivity contribution < 1.29 is 4.74 Å². The first-order valence-electron chi connectivity index (χ1n) is 5.67. The molecule has 0 amide bonds. The maximum Gasteiger partial charge on any atom is 0.106 e. The van der Waals surface area contributed by atoms with Crippen LogP contribution in [0.15, 0.2) is 42.5 Å². The molecule has 1 unspecified atom stereocenters. The molecule has 1 aliphatic rings. The lowest BCUT2D eigenvalue weighted by molar-refractivity contribution is 0.325. The van der Waals surface area contributed by atoms with Crippen molar-refractivity contribution in [3.8, 4) is 0 Å². The van der Waals surface area contributed by atoms with Crippen LogP contribution in [0.1, 0.15) is 13.8 Å². The van der Waals surface area contributed by atoms with Gasteiger partial charge in [-0.25, -0.2) is 0 Å². The summed E-state index contributed by atoms with van der Waals surface area (Å²) in [4.78, 5) is 2.33. The lowest BCUT2D eigenvalue weighted by atomic mass is 10.1. The number of para-hydroxylation sites is 1. The molecule has 2 heteroatoms. The molecule has 0 N–H and O–H groups in total. The highest BCUT2D eigenvalue weighted by Crippen LogP contribution is 2.29. The molecule has 0 bridgehead atoms. The van der Waals surface area contributed by atoms with E-state index in [2.05, 4.69) is 49.6 Å². The monoisotopic (exact) mass is 217 g/mol. The summed E-state index contributed by atoms with van der Waals surface area (Å²) in [6, 6.07) is 10.4. The molecule has 1 atom stereocenters. The number of ether oxygens (including phenoxy) is 1. The van der Waals surface area contributed by atoms with Gasteiger partial charge in [-0.15, -0.1) is 0 Å². The van der Waals surface area contributed by atoms with Crippen molar-refractivity contribution in [3.63, 3.8) is 0 Å². The van der Waals surface area contributed by atoms with Gasteiger partial charge in [0.2, 0.25) is 0 Å². The third-order valence-corrected chi connectivity index (χ3v) is 2.74. The predicted molar refractivity (Wildman–Crippen MR) is 67.8 cm³/mol. The highest BCUT2D eigenvalue weighted by atomic mass is 16.6. The Balaban J connectivity index is 2.11. The van der Waals surface area contributed by atoms with Crippen molar-refractivity contribution in [3.05, 3.63) is 42.5 Å². The number of nitrogens with zero attached hydrogens (tertiary/aromatic N) is 1. The van der Waals surface area contributed by atoms with E-state index in [-0.39, 0.29) is 5.60 Å². The number of rotatable bonds is 5. The summed E-state index contributed by atoms with van der Waals surface area (Å²) in [6.45, 7) is 10.9. The van der Waals surface area contributed by atoms with Crippen molar-refractivity contribution >= 4 is 5.69 Å². The topological polar surface area (TPSA) is 15.8 Å². The van der Waals surface area contributed by atoms with Gasteiger partial charge in [-0.3, -0.25) is 0 Å². The minimum atomic E-state index is 0.0469. The SMILES string of the molecule is C=C(C)CN(CC1(C)CO1)c1ccccc1. The van der Waals surface area contributed by atoms with Gasteiger partial charge < -0.3 is 9.64 Å². The first-order chi connectivity index (χ1) is 7.59. The molecule has 1 aromatic rings.